The van der Waals surface area contributed by atoms with Gasteiger partial charge in [-0.25, -0.2) is 0 Å². The van der Waals surface area contributed by atoms with Gasteiger partial charge in [-0.1, -0.05) is 19.9 Å². The number of carboxylic acids is 1. The highest BCUT2D eigenvalue weighted by Gasteiger charge is 2.29. The van der Waals surface area contributed by atoms with Crippen molar-refractivity contribution >= 4 is 11.9 Å². The Labute approximate surface area is 118 Å². The Balaban J connectivity index is 2.08. The number of esters is 1. The van der Waals surface area contributed by atoms with Gasteiger partial charge in [0.1, 0.15) is 5.75 Å². The molecule has 1 aromatic rings. The first-order valence-electron chi connectivity index (χ1n) is 7.03. The van der Waals surface area contributed by atoms with E-state index in [2.05, 4.69) is 0 Å². The second-order valence-electron chi connectivity index (χ2n) is 5.73. The Bertz CT molecular complexity index is 519. The molecule has 0 aromatic heterocycles. The molecule has 1 aliphatic carbocycles. The highest BCUT2D eigenvalue weighted by molar-refractivity contribution is 5.94. The standard InChI is InChI=1S/C16H20O4/c1-10(2)8-14(15(17)18)16(19)20-13-7-6-11-4-3-5-12(11)9-13/h6-7,9-10,14H,3-5,8H2,1-2H3,(H,17,18). The van der Waals surface area contributed by atoms with Crippen molar-refractivity contribution in [2.24, 2.45) is 11.8 Å². The van der Waals surface area contributed by atoms with E-state index < -0.39 is 17.9 Å². The molecule has 0 radical (unpaired) electrons. The molecule has 108 valence electrons. The van der Waals surface area contributed by atoms with E-state index in [0.29, 0.717) is 12.2 Å². The third-order valence-corrected chi connectivity index (χ3v) is 3.58. The van der Waals surface area contributed by atoms with Crippen molar-refractivity contribution in [3.05, 3.63) is 29.3 Å². The summed E-state index contributed by atoms with van der Waals surface area (Å²) in [4.78, 5) is 23.1. The zero-order valence-corrected chi connectivity index (χ0v) is 11.9. The molecule has 0 aliphatic heterocycles. The number of aryl methyl sites for hydroxylation is 2. The van der Waals surface area contributed by atoms with Crippen LogP contribution in [0.4, 0.5) is 0 Å². The van der Waals surface area contributed by atoms with E-state index in [4.69, 9.17) is 9.84 Å². The first-order chi connectivity index (χ1) is 9.47. The quantitative estimate of drug-likeness (QED) is 0.510. The van der Waals surface area contributed by atoms with Crippen molar-refractivity contribution < 1.29 is 19.4 Å². The van der Waals surface area contributed by atoms with E-state index in [-0.39, 0.29) is 5.92 Å². The third-order valence-electron chi connectivity index (χ3n) is 3.58. The maximum absolute atomic E-state index is 12.0. The number of fused-ring (bicyclic) bond motifs is 1. The van der Waals surface area contributed by atoms with E-state index >= 15 is 0 Å². The van der Waals surface area contributed by atoms with Crippen LogP contribution in [-0.4, -0.2) is 17.0 Å². The van der Waals surface area contributed by atoms with Crippen LogP contribution in [0.1, 0.15) is 37.8 Å². The van der Waals surface area contributed by atoms with Crippen LogP contribution in [0.15, 0.2) is 18.2 Å². The second kappa shape index (κ2) is 6.07. The largest absolute Gasteiger partial charge is 0.481 e. The fourth-order valence-electron chi connectivity index (χ4n) is 2.57. The van der Waals surface area contributed by atoms with Crippen LogP contribution in [0.5, 0.6) is 5.75 Å². The molecule has 1 unspecified atom stereocenters. The molecule has 1 atom stereocenters. The predicted molar refractivity (Wildman–Crippen MR) is 74.7 cm³/mol. The lowest BCUT2D eigenvalue weighted by molar-refractivity contribution is -0.153. The van der Waals surface area contributed by atoms with Gasteiger partial charge in [0.25, 0.3) is 0 Å². The maximum atomic E-state index is 12.0. The van der Waals surface area contributed by atoms with E-state index in [9.17, 15) is 9.59 Å². The number of carbonyl (C=O) groups is 2. The molecule has 20 heavy (non-hydrogen) atoms. The van der Waals surface area contributed by atoms with Crippen LogP contribution >= 0.6 is 0 Å². The SMILES string of the molecule is CC(C)CC(C(=O)O)C(=O)Oc1ccc2c(c1)CCC2. The molecule has 0 saturated carbocycles. The van der Waals surface area contributed by atoms with Gasteiger partial charge in [0.05, 0.1) is 0 Å². The molecule has 0 bridgehead atoms. The summed E-state index contributed by atoms with van der Waals surface area (Å²) in [6.45, 7) is 3.78. The Hall–Kier alpha value is -1.84. The molecule has 0 saturated heterocycles. The summed E-state index contributed by atoms with van der Waals surface area (Å²) in [5, 5.41) is 9.12. The van der Waals surface area contributed by atoms with Gasteiger partial charge in [0.2, 0.25) is 0 Å². The van der Waals surface area contributed by atoms with Crippen LogP contribution in [0.3, 0.4) is 0 Å². The summed E-state index contributed by atoms with van der Waals surface area (Å²) in [7, 11) is 0. The van der Waals surface area contributed by atoms with Crippen LogP contribution in [0, 0.1) is 11.8 Å². The van der Waals surface area contributed by atoms with Gasteiger partial charge in [0, 0.05) is 0 Å². The Morgan fingerprint density at radius 1 is 1.25 bits per heavy atom. The topological polar surface area (TPSA) is 63.6 Å². The van der Waals surface area contributed by atoms with Crippen LogP contribution < -0.4 is 4.74 Å². The number of benzene rings is 1. The minimum atomic E-state index is -1.12. The fourth-order valence-corrected chi connectivity index (χ4v) is 2.57. The Kier molecular flexibility index (Phi) is 4.42. The van der Waals surface area contributed by atoms with Crippen LogP contribution in [0.2, 0.25) is 0 Å². The number of ether oxygens (including phenoxy) is 1. The number of hydrogen-bond acceptors (Lipinski definition) is 3. The van der Waals surface area contributed by atoms with Gasteiger partial charge < -0.3 is 9.84 Å². The van der Waals surface area contributed by atoms with Crippen molar-refractivity contribution in [3.63, 3.8) is 0 Å². The average molecular weight is 276 g/mol. The molecule has 1 N–H and O–H groups in total. The minimum absolute atomic E-state index is 0.128. The summed E-state index contributed by atoms with van der Waals surface area (Å²) in [6, 6.07) is 5.56. The number of hydrogen-bond donors (Lipinski definition) is 1. The van der Waals surface area contributed by atoms with Crippen molar-refractivity contribution in [1.82, 2.24) is 0 Å². The summed E-state index contributed by atoms with van der Waals surface area (Å²) in [6.07, 6.45) is 3.47. The van der Waals surface area contributed by atoms with Gasteiger partial charge >= 0.3 is 11.9 Å². The smallest absolute Gasteiger partial charge is 0.325 e. The van der Waals surface area contributed by atoms with Gasteiger partial charge in [0.15, 0.2) is 5.92 Å². The Morgan fingerprint density at radius 3 is 2.60 bits per heavy atom. The molecule has 0 fully saturated rings. The normalized spacial score (nSPS) is 14.9. The van der Waals surface area contributed by atoms with Crippen molar-refractivity contribution in [2.45, 2.75) is 39.5 Å². The third kappa shape index (κ3) is 3.38. The van der Waals surface area contributed by atoms with E-state index in [0.717, 1.165) is 19.3 Å². The van der Waals surface area contributed by atoms with Gasteiger partial charge in [-0.2, -0.15) is 0 Å². The molecule has 4 nitrogen and oxygen atoms in total. The van der Waals surface area contributed by atoms with Crippen molar-refractivity contribution in [2.75, 3.05) is 0 Å². The van der Waals surface area contributed by atoms with Crippen LogP contribution in [-0.2, 0) is 22.4 Å². The average Bonchev–Trinajstić information content (AvgIpc) is 2.82. The van der Waals surface area contributed by atoms with Gasteiger partial charge in [-0.05, 0) is 54.9 Å². The predicted octanol–water partition coefficient (Wildman–Crippen LogP) is 2.83. The lowest BCUT2D eigenvalue weighted by Crippen LogP contribution is -2.29. The van der Waals surface area contributed by atoms with E-state index in [1.54, 1.807) is 6.07 Å². The number of carboxylic acid groups (broad SMARTS) is 1. The minimum Gasteiger partial charge on any atom is -0.481 e. The lowest BCUT2D eigenvalue weighted by atomic mass is 9.97. The van der Waals surface area contributed by atoms with Gasteiger partial charge in [-0.3, -0.25) is 9.59 Å². The molecule has 1 aliphatic rings. The highest BCUT2D eigenvalue weighted by atomic mass is 16.5. The van der Waals surface area contributed by atoms with E-state index in [1.165, 1.54) is 11.1 Å². The zero-order chi connectivity index (χ0) is 14.7. The molecule has 0 heterocycles. The molecular formula is C16H20O4. The summed E-state index contributed by atoms with van der Waals surface area (Å²) in [5.74, 6) is -2.31. The molecular weight excluding hydrogens is 256 g/mol. The first-order valence-corrected chi connectivity index (χ1v) is 7.03. The number of carbonyl (C=O) groups excluding carboxylic acids is 1. The molecule has 2 rings (SSSR count). The van der Waals surface area contributed by atoms with Crippen molar-refractivity contribution in [1.29, 1.82) is 0 Å². The molecule has 0 spiro atoms. The Morgan fingerprint density at radius 2 is 1.95 bits per heavy atom. The number of aliphatic carboxylic acids is 1. The van der Waals surface area contributed by atoms with Crippen molar-refractivity contribution in [3.8, 4) is 5.75 Å². The molecule has 0 amide bonds. The maximum Gasteiger partial charge on any atom is 0.325 e. The molecule has 1 aromatic carbocycles. The first kappa shape index (κ1) is 14.6. The molecule has 4 heteroatoms. The van der Waals surface area contributed by atoms with Crippen LogP contribution in [0.25, 0.3) is 0 Å². The lowest BCUT2D eigenvalue weighted by Gasteiger charge is -2.14. The zero-order valence-electron chi connectivity index (χ0n) is 11.9. The number of rotatable bonds is 5. The van der Waals surface area contributed by atoms with E-state index in [1.807, 2.05) is 26.0 Å². The summed E-state index contributed by atoms with van der Waals surface area (Å²) in [5.41, 5.74) is 2.49. The second-order valence-corrected chi connectivity index (χ2v) is 5.73. The van der Waals surface area contributed by atoms with Gasteiger partial charge in [-0.15, -0.1) is 0 Å². The summed E-state index contributed by atoms with van der Waals surface area (Å²) >= 11 is 0. The highest BCUT2D eigenvalue weighted by Crippen LogP contribution is 2.26. The summed E-state index contributed by atoms with van der Waals surface area (Å²) < 4.78 is 5.24. The monoisotopic (exact) mass is 276 g/mol. The fraction of sp³-hybridized carbons (Fsp3) is 0.500.